The van der Waals surface area contributed by atoms with E-state index in [-0.39, 0.29) is 17.2 Å². The van der Waals surface area contributed by atoms with Crippen molar-refractivity contribution in [2.24, 2.45) is 0 Å². The van der Waals surface area contributed by atoms with Gasteiger partial charge in [0.25, 0.3) is 5.91 Å². The molecule has 0 bridgehead atoms. The first-order valence-corrected chi connectivity index (χ1v) is 8.37. The van der Waals surface area contributed by atoms with Crippen molar-refractivity contribution in [2.75, 3.05) is 5.32 Å². The third-order valence-electron chi connectivity index (χ3n) is 4.46. The Balaban J connectivity index is 1.81. The monoisotopic (exact) mass is 358 g/mol. The fourth-order valence-electron chi connectivity index (χ4n) is 3.35. The number of aryl methyl sites for hydroxylation is 2. The van der Waals surface area contributed by atoms with Gasteiger partial charge in [0.1, 0.15) is 5.76 Å². The summed E-state index contributed by atoms with van der Waals surface area (Å²) in [5, 5.41) is 3.36. The van der Waals surface area contributed by atoms with E-state index in [2.05, 4.69) is 15.0 Å². The van der Waals surface area contributed by atoms with E-state index in [4.69, 9.17) is 4.42 Å². The molecule has 5 nitrogen and oxygen atoms in total. The summed E-state index contributed by atoms with van der Waals surface area (Å²) < 4.78 is 35.9. The lowest BCUT2D eigenvalue weighted by Gasteiger charge is -2.11. The van der Waals surface area contributed by atoms with E-state index in [1.165, 1.54) is 12.1 Å². The molecule has 0 fully saturated rings. The maximum Gasteiger partial charge on any atom is 0.387 e. The number of furan rings is 1. The fourth-order valence-corrected chi connectivity index (χ4v) is 3.35. The normalized spacial score (nSPS) is 13.7. The van der Waals surface area contributed by atoms with Crippen LogP contribution in [-0.4, -0.2) is 17.5 Å². The van der Waals surface area contributed by atoms with Crippen molar-refractivity contribution in [1.29, 1.82) is 0 Å². The van der Waals surface area contributed by atoms with Crippen LogP contribution in [0.4, 0.5) is 14.5 Å². The van der Waals surface area contributed by atoms with Gasteiger partial charge in [0.15, 0.2) is 11.3 Å². The van der Waals surface area contributed by atoms with Gasteiger partial charge in [-0.15, -0.1) is 0 Å². The zero-order valence-electron chi connectivity index (χ0n) is 13.8. The highest BCUT2D eigenvalue weighted by Crippen LogP contribution is 2.39. The Labute approximate surface area is 148 Å². The maximum atomic E-state index is 12.8. The van der Waals surface area contributed by atoms with Gasteiger partial charge in [-0.3, -0.25) is 9.78 Å². The smallest absolute Gasteiger partial charge is 0.387 e. The van der Waals surface area contributed by atoms with Gasteiger partial charge >= 0.3 is 6.61 Å². The molecular formula is C19H16F2N2O3. The van der Waals surface area contributed by atoms with E-state index in [9.17, 15) is 13.6 Å². The van der Waals surface area contributed by atoms with Gasteiger partial charge in [0.05, 0.1) is 5.56 Å². The first-order valence-electron chi connectivity index (χ1n) is 8.37. The van der Waals surface area contributed by atoms with E-state index in [1.807, 2.05) is 0 Å². The van der Waals surface area contributed by atoms with E-state index in [1.54, 1.807) is 24.5 Å². The molecule has 1 aliphatic carbocycles. The van der Waals surface area contributed by atoms with Gasteiger partial charge in [0, 0.05) is 35.5 Å². The van der Waals surface area contributed by atoms with Crippen LogP contribution >= 0.6 is 0 Å². The van der Waals surface area contributed by atoms with Crippen molar-refractivity contribution < 1.29 is 22.7 Å². The number of alkyl halides is 2. The number of hydrogen-bond acceptors (Lipinski definition) is 4. The van der Waals surface area contributed by atoms with Crippen LogP contribution in [0.3, 0.4) is 0 Å². The van der Waals surface area contributed by atoms with Gasteiger partial charge < -0.3 is 14.5 Å². The molecule has 1 amide bonds. The maximum absolute atomic E-state index is 12.8. The number of aromatic nitrogens is 1. The first kappa shape index (κ1) is 16.5. The van der Waals surface area contributed by atoms with E-state index >= 15 is 0 Å². The number of nitrogens with zero attached hydrogens (tertiary/aromatic N) is 1. The third-order valence-corrected chi connectivity index (χ3v) is 4.46. The van der Waals surface area contributed by atoms with Crippen LogP contribution in [-0.2, 0) is 12.8 Å². The summed E-state index contributed by atoms with van der Waals surface area (Å²) in [6.07, 6.45) is 6.55. The van der Waals surface area contributed by atoms with Gasteiger partial charge in [-0.05, 0) is 43.5 Å². The lowest BCUT2D eigenvalue weighted by molar-refractivity contribution is -0.0494. The molecule has 0 saturated carbocycles. The second-order valence-electron chi connectivity index (χ2n) is 6.09. The van der Waals surface area contributed by atoms with Crippen LogP contribution < -0.4 is 10.1 Å². The number of nitrogens with one attached hydrogen (secondary N) is 1. The van der Waals surface area contributed by atoms with Crippen molar-refractivity contribution in [2.45, 2.75) is 32.3 Å². The number of halogens is 2. The highest BCUT2D eigenvalue weighted by molar-refractivity contribution is 6.14. The van der Waals surface area contributed by atoms with E-state index < -0.39 is 6.61 Å². The van der Waals surface area contributed by atoms with E-state index in [0.29, 0.717) is 16.6 Å². The molecule has 3 aromatic rings. The number of carbonyl (C=O) groups is 1. The Kier molecular flexibility index (Phi) is 4.28. The molecule has 0 aliphatic heterocycles. The second-order valence-corrected chi connectivity index (χ2v) is 6.09. The van der Waals surface area contributed by atoms with Crippen LogP contribution in [0.25, 0.3) is 11.0 Å². The molecule has 1 aliphatic rings. The molecule has 2 aromatic heterocycles. The van der Waals surface area contributed by atoms with Crippen LogP contribution in [0.2, 0.25) is 0 Å². The molecular weight excluding hydrogens is 342 g/mol. The molecule has 0 atom stereocenters. The SMILES string of the molecule is O=C(Nc1ccncc1)c1ccc(OC(F)F)c2oc3c(c12)CCCC3. The standard InChI is InChI=1S/C19H16F2N2O3/c20-19(21)26-15-6-5-13(18(24)23-11-7-9-22-10-8-11)16-12-3-1-2-4-14(12)25-17(15)16/h5-10,19H,1-4H2,(H,22,23,24). The molecule has 0 unspecified atom stereocenters. The fraction of sp³-hybridized carbons (Fsp3) is 0.263. The Morgan fingerprint density at radius 1 is 1.15 bits per heavy atom. The molecule has 0 saturated heterocycles. The number of ether oxygens (including phenoxy) is 1. The van der Waals surface area contributed by atoms with Gasteiger partial charge in [-0.2, -0.15) is 8.78 Å². The summed E-state index contributed by atoms with van der Waals surface area (Å²) >= 11 is 0. The zero-order chi connectivity index (χ0) is 18.1. The van der Waals surface area contributed by atoms with Crippen molar-refractivity contribution in [3.05, 3.63) is 53.5 Å². The Morgan fingerprint density at radius 2 is 1.92 bits per heavy atom. The van der Waals surface area contributed by atoms with E-state index in [0.717, 1.165) is 37.0 Å². The molecule has 2 heterocycles. The second kappa shape index (κ2) is 6.74. The molecule has 1 N–H and O–H groups in total. The number of fused-ring (bicyclic) bond motifs is 3. The highest BCUT2D eigenvalue weighted by Gasteiger charge is 2.26. The number of amides is 1. The summed E-state index contributed by atoms with van der Waals surface area (Å²) in [6.45, 7) is -2.96. The Bertz CT molecular complexity index is 954. The largest absolute Gasteiger partial charge is 0.457 e. The lowest BCUT2D eigenvalue weighted by atomic mass is 9.93. The van der Waals surface area contributed by atoms with Crippen LogP contribution in [0.1, 0.15) is 34.5 Å². The zero-order valence-corrected chi connectivity index (χ0v) is 13.8. The quantitative estimate of drug-likeness (QED) is 0.742. The van der Waals surface area contributed by atoms with Crippen LogP contribution in [0.5, 0.6) is 5.75 Å². The van der Waals surface area contributed by atoms with Crippen LogP contribution in [0.15, 0.2) is 41.1 Å². The molecule has 0 spiro atoms. The van der Waals surface area contributed by atoms with Gasteiger partial charge in [-0.1, -0.05) is 0 Å². The summed E-state index contributed by atoms with van der Waals surface area (Å²) in [7, 11) is 0. The average molecular weight is 358 g/mol. The van der Waals surface area contributed by atoms with Crippen molar-refractivity contribution >= 4 is 22.6 Å². The predicted octanol–water partition coefficient (Wildman–Crippen LogP) is 4.56. The molecule has 4 rings (SSSR count). The number of anilines is 1. The number of carbonyl (C=O) groups excluding carboxylic acids is 1. The third kappa shape index (κ3) is 3.00. The lowest BCUT2D eigenvalue weighted by Crippen LogP contribution is -2.13. The number of hydrogen-bond donors (Lipinski definition) is 1. The molecule has 7 heteroatoms. The summed E-state index contributed by atoms with van der Waals surface area (Å²) in [5.41, 5.74) is 2.10. The average Bonchev–Trinajstić information content (AvgIpc) is 3.02. The minimum absolute atomic E-state index is 0.0511. The van der Waals surface area contributed by atoms with Crippen molar-refractivity contribution in [1.82, 2.24) is 4.98 Å². The number of benzene rings is 1. The van der Waals surface area contributed by atoms with Crippen LogP contribution in [0, 0.1) is 0 Å². The van der Waals surface area contributed by atoms with Gasteiger partial charge in [-0.25, -0.2) is 0 Å². The van der Waals surface area contributed by atoms with Crippen molar-refractivity contribution in [3.63, 3.8) is 0 Å². The number of pyridine rings is 1. The highest BCUT2D eigenvalue weighted by atomic mass is 19.3. The molecule has 0 radical (unpaired) electrons. The molecule has 134 valence electrons. The van der Waals surface area contributed by atoms with Crippen molar-refractivity contribution in [3.8, 4) is 5.75 Å². The molecule has 26 heavy (non-hydrogen) atoms. The number of rotatable bonds is 4. The minimum atomic E-state index is -2.96. The Morgan fingerprint density at radius 3 is 2.69 bits per heavy atom. The Hall–Kier alpha value is -2.96. The minimum Gasteiger partial charge on any atom is -0.457 e. The van der Waals surface area contributed by atoms with Gasteiger partial charge in [0.2, 0.25) is 0 Å². The predicted molar refractivity (Wildman–Crippen MR) is 91.7 cm³/mol. The molecule has 1 aromatic carbocycles. The summed E-state index contributed by atoms with van der Waals surface area (Å²) in [4.78, 5) is 16.7. The topological polar surface area (TPSA) is 64.4 Å². The summed E-state index contributed by atoms with van der Waals surface area (Å²) in [6, 6.07) is 6.20. The summed E-state index contributed by atoms with van der Waals surface area (Å²) in [5.74, 6) is 0.360. The first-order chi connectivity index (χ1) is 12.6.